The molecule has 0 N–H and O–H groups in total. The molecule has 1 aromatic carbocycles. The van der Waals surface area contributed by atoms with Gasteiger partial charge in [-0.1, -0.05) is 6.07 Å². The highest BCUT2D eigenvalue weighted by atomic mass is 32.2. The maximum atomic E-state index is 13.1. The molecule has 0 radical (unpaired) electrons. The van der Waals surface area contributed by atoms with Crippen molar-refractivity contribution < 1.29 is 17.9 Å². The van der Waals surface area contributed by atoms with E-state index in [0.717, 1.165) is 11.5 Å². The number of nitrogens with zero attached hydrogens (tertiary/aromatic N) is 4. The highest BCUT2D eigenvalue weighted by Crippen LogP contribution is 2.33. The number of pyridine rings is 1. The lowest BCUT2D eigenvalue weighted by molar-refractivity contribution is 0.312. The summed E-state index contributed by atoms with van der Waals surface area (Å²) in [6, 6.07) is 10.4. The van der Waals surface area contributed by atoms with Crippen molar-refractivity contribution in [3.05, 3.63) is 48.4 Å². The van der Waals surface area contributed by atoms with Crippen LogP contribution < -0.4 is 9.47 Å². The second-order valence-electron chi connectivity index (χ2n) is 6.68. The monoisotopic (exact) mass is 402 g/mol. The third-order valence-electron chi connectivity index (χ3n) is 5.15. The van der Waals surface area contributed by atoms with Crippen LogP contribution in [0.25, 0.3) is 5.65 Å². The molecular weight excluding hydrogens is 380 g/mol. The van der Waals surface area contributed by atoms with E-state index in [2.05, 4.69) is 10.2 Å². The summed E-state index contributed by atoms with van der Waals surface area (Å²) in [5.41, 5.74) is 0.804. The van der Waals surface area contributed by atoms with Crippen LogP contribution in [-0.2, 0) is 10.0 Å². The molecule has 2 aromatic heterocycles. The summed E-state index contributed by atoms with van der Waals surface area (Å²) >= 11 is 0. The summed E-state index contributed by atoms with van der Waals surface area (Å²) in [7, 11) is -0.592. The van der Waals surface area contributed by atoms with Gasteiger partial charge in [0.2, 0.25) is 10.0 Å². The number of methoxy groups -OCH3 is 2. The van der Waals surface area contributed by atoms with Crippen molar-refractivity contribution in [1.82, 2.24) is 18.9 Å². The van der Waals surface area contributed by atoms with Crippen molar-refractivity contribution in [2.45, 2.75) is 23.7 Å². The van der Waals surface area contributed by atoms with Crippen molar-refractivity contribution in [1.29, 1.82) is 0 Å². The highest BCUT2D eigenvalue weighted by molar-refractivity contribution is 7.89. The Morgan fingerprint density at radius 2 is 1.75 bits per heavy atom. The number of piperidine rings is 1. The maximum Gasteiger partial charge on any atom is 0.243 e. The predicted molar refractivity (Wildman–Crippen MR) is 103 cm³/mol. The van der Waals surface area contributed by atoms with Crippen LogP contribution in [0.4, 0.5) is 0 Å². The Morgan fingerprint density at radius 1 is 1.00 bits per heavy atom. The largest absolute Gasteiger partial charge is 0.493 e. The van der Waals surface area contributed by atoms with Crippen molar-refractivity contribution >= 4 is 15.7 Å². The molecule has 28 heavy (non-hydrogen) atoms. The Hall–Kier alpha value is -2.65. The molecule has 1 saturated heterocycles. The summed E-state index contributed by atoms with van der Waals surface area (Å²) in [4.78, 5) is 0.205. The topological polar surface area (TPSA) is 86.0 Å². The van der Waals surface area contributed by atoms with Gasteiger partial charge in [-0.05, 0) is 37.1 Å². The van der Waals surface area contributed by atoms with Gasteiger partial charge in [0.15, 0.2) is 17.1 Å². The first-order chi connectivity index (χ1) is 13.5. The number of ether oxygens (including phenoxy) is 2. The molecule has 3 aromatic rings. The first-order valence-electron chi connectivity index (χ1n) is 9.06. The van der Waals surface area contributed by atoms with E-state index in [1.54, 1.807) is 12.1 Å². The Bertz CT molecular complexity index is 1090. The van der Waals surface area contributed by atoms with Gasteiger partial charge in [-0.25, -0.2) is 8.42 Å². The minimum Gasteiger partial charge on any atom is -0.493 e. The van der Waals surface area contributed by atoms with Crippen molar-refractivity contribution in [3.8, 4) is 11.5 Å². The highest BCUT2D eigenvalue weighted by Gasteiger charge is 2.32. The molecule has 0 aliphatic carbocycles. The minimum atomic E-state index is -3.60. The standard InChI is InChI=1S/C19H22N4O4S/c1-26-16-7-6-15(13-17(16)27-2)28(24,25)22-11-8-14(9-12-22)19-21-20-18-5-3-4-10-23(18)19/h3-7,10,13-14H,8-9,11-12H2,1-2H3. The van der Waals surface area contributed by atoms with Gasteiger partial charge < -0.3 is 9.47 Å². The molecule has 1 aliphatic heterocycles. The number of benzene rings is 1. The zero-order valence-electron chi connectivity index (χ0n) is 15.8. The van der Waals surface area contributed by atoms with E-state index in [0.29, 0.717) is 37.4 Å². The Kier molecular flexibility index (Phi) is 4.94. The molecule has 1 fully saturated rings. The van der Waals surface area contributed by atoms with Crippen molar-refractivity contribution in [2.24, 2.45) is 0 Å². The number of hydrogen-bond acceptors (Lipinski definition) is 6. The Labute approximate surface area is 163 Å². The zero-order valence-corrected chi connectivity index (χ0v) is 16.6. The van der Waals surface area contributed by atoms with Crippen LogP contribution in [0.15, 0.2) is 47.5 Å². The average Bonchev–Trinajstić information content (AvgIpc) is 3.17. The lowest BCUT2D eigenvalue weighted by Crippen LogP contribution is -2.38. The van der Waals surface area contributed by atoms with Crippen LogP contribution in [0.3, 0.4) is 0 Å². The molecule has 9 heteroatoms. The number of rotatable bonds is 5. The molecule has 3 heterocycles. The fourth-order valence-corrected chi connectivity index (χ4v) is 5.10. The molecule has 148 valence electrons. The second-order valence-corrected chi connectivity index (χ2v) is 8.62. The molecular formula is C19H22N4O4S. The van der Waals surface area contributed by atoms with Crippen LogP contribution in [0, 0.1) is 0 Å². The van der Waals surface area contributed by atoms with Crippen LogP contribution in [0.2, 0.25) is 0 Å². The molecule has 0 amide bonds. The normalized spacial score (nSPS) is 16.4. The van der Waals surface area contributed by atoms with E-state index < -0.39 is 10.0 Å². The van der Waals surface area contributed by atoms with Gasteiger partial charge >= 0.3 is 0 Å². The third-order valence-corrected chi connectivity index (χ3v) is 7.05. The van der Waals surface area contributed by atoms with Gasteiger partial charge in [0.1, 0.15) is 5.82 Å². The average molecular weight is 402 g/mol. The predicted octanol–water partition coefficient (Wildman–Crippen LogP) is 2.31. The molecule has 4 rings (SSSR count). The third kappa shape index (κ3) is 3.20. The van der Waals surface area contributed by atoms with Gasteiger partial charge in [0.05, 0.1) is 19.1 Å². The Balaban J connectivity index is 1.53. The molecule has 0 atom stereocenters. The van der Waals surface area contributed by atoms with Crippen LogP contribution in [0.5, 0.6) is 11.5 Å². The molecule has 0 saturated carbocycles. The summed E-state index contributed by atoms with van der Waals surface area (Å²) in [6.07, 6.45) is 3.34. The number of hydrogen-bond donors (Lipinski definition) is 0. The van der Waals surface area contributed by atoms with Crippen LogP contribution >= 0.6 is 0 Å². The lowest BCUT2D eigenvalue weighted by atomic mass is 9.97. The zero-order chi connectivity index (χ0) is 19.7. The van der Waals surface area contributed by atoms with Crippen molar-refractivity contribution in [2.75, 3.05) is 27.3 Å². The number of sulfonamides is 1. The second kappa shape index (κ2) is 7.40. The van der Waals surface area contributed by atoms with Crippen molar-refractivity contribution in [3.63, 3.8) is 0 Å². The van der Waals surface area contributed by atoms with E-state index in [1.165, 1.54) is 24.6 Å². The quantitative estimate of drug-likeness (QED) is 0.651. The molecule has 0 unspecified atom stereocenters. The van der Waals surface area contributed by atoms with E-state index in [9.17, 15) is 8.42 Å². The minimum absolute atomic E-state index is 0.175. The number of fused-ring (bicyclic) bond motifs is 1. The molecule has 0 spiro atoms. The first-order valence-corrected chi connectivity index (χ1v) is 10.5. The maximum absolute atomic E-state index is 13.1. The summed E-state index contributed by atoms with van der Waals surface area (Å²) in [6.45, 7) is 0.867. The molecule has 1 aliphatic rings. The van der Waals surface area contributed by atoms with Gasteiger partial charge in [0, 0.05) is 31.3 Å². The SMILES string of the molecule is COc1ccc(S(=O)(=O)N2CCC(c3nnc4ccccn34)CC2)cc1OC. The first kappa shape index (κ1) is 18.7. The number of aromatic nitrogens is 3. The van der Waals surface area contributed by atoms with E-state index in [4.69, 9.17) is 9.47 Å². The van der Waals surface area contributed by atoms with E-state index in [1.807, 2.05) is 28.8 Å². The van der Waals surface area contributed by atoms with Gasteiger partial charge in [-0.2, -0.15) is 4.31 Å². The molecule has 0 bridgehead atoms. The lowest BCUT2D eigenvalue weighted by Gasteiger charge is -2.30. The van der Waals surface area contributed by atoms with E-state index >= 15 is 0 Å². The molecule has 8 nitrogen and oxygen atoms in total. The van der Waals surface area contributed by atoms with E-state index in [-0.39, 0.29) is 10.8 Å². The fraction of sp³-hybridized carbons (Fsp3) is 0.368. The van der Waals surface area contributed by atoms with Gasteiger partial charge in [-0.3, -0.25) is 4.40 Å². The summed E-state index contributed by atoms with van der Waals surface area (Å²) < 4.78 is 40.0. The van der Waals surface area contributed by atoms with Gasteiger partial charge in [-0.15, -0.1) is 10.2 Å². The Morgan fingerprint density at radius 3 is 2.46 bits per heavy atom. The fourth-order valence-electron chi connectivity index (χ4n) is 3.62. The van der Waals surface area contributed by atoms with Crippen LogP contribution in [-0.4, -0.2) is 54.6 Å². The van der Waals surface area contributed by atoms with Gasteiger partial charge in [0.25, 0.3) is 0 Å². The summed E-state index contributed by atoms with van der Waals surface area (Å²) in [5.74, 6) is 1.96. The summed E-state index contributed by atoms with van der Waals surface area (Å²) in [5, 5.41) is 8.52. The van der Waals surface area contributed by atoms with Crippen LogP contribution in [0.1, 0.15) is 24.6 Å². The smallest absolute Gasteiger partial charge is 0.243 e.